The van der Waals surface area contributed by atoms with E-state index in [4.69, 9.17) is 33.2 Å². The van der Waals surface area contributed by atoms with Crippen molar-refractivity contribution >= 4 is 11.9 Å². The third kappa shape index (κ3) is 2.74. The molecule has 0 radical (unpaired) electrons. The fourth-order valence-corrected chi connectivity index (χ4v) is 10.4. The number of carbonyl (C=O) groups is 2. The quantitative estimate of drug-likeness (QED) is 0.413. The normalized spacial score (nSPS) is 56.6. The molecule has 0 aromatic carbocycles. The van der Waals surface area contributed by atoms with Crippen LogP contribution in [0.2, 0.25) is 0 Å². The summed E-state index contributed by atoms with van der Waals surface area (Å²) in [5, 5.41) is 0. The average molecular weight is 507 g/mol. The van der Waals surface area contributed by atoms with Crippen molar-refractivity contribution in [3.8, 4) is 0 Å². The molecule has 0 aromatic heterocycles. The Morgan fingerprint density at radius 3 is 2.39 bits per heavy atom. The Labute approximate surface area is 211 Å². The maximum Gasteiger partial charge on any atom is 0.302 e. The second kappa shape index (κ2) is 7.44. The summed E-state index contributed by atoms with van der Waals surface area (Å²) in [5.41, 5.74) is -1.42. The lowest BCUT2D eigenvalue weighted by atomic mass is 9.43. The van der Waals surface area contributed by atoms with Gasteiger partial charge in [0.05, 0.1) is 6.10 Å². The van der Waals surface area contributed by atoms with E-state index < -0.39 is 11.4 Å². The number of hydrogen-bond donors (Lipinski definition) is 0. The maximum atomic E-state index is 12.5. The predicted octanol–water partition coefficient (Wildman–Crippen LogP) is 3.08. The van der Waals surface area contributed by atoms with E-state index in [-0.39, 0.29) is 66.2 Å². The van der Waals surface area contributed by atoms with E-state index in [0.717, 1.165) is 38.5 Å². The first-order valence-corrected chi connectivity index (χ1v) is 13.6. The molecular weight excluding hydrogens is 468 g/mol. The van der Waals surface area contributed by atoms with Crippen LogP contribution in [0.5, 0.6) is 0 Å². The SMILES string of the molecule is CC(=O)O[C@H]1CC[C@]2(C)[C@@H]3[C@@H](C[C@H]4O[C@]42C1)[C@@H]1CC[C@@]2(OCOC24COCO4)[C@@]1(C)C[C@@H]3OC(C)=O. The van der Waals surface area contributed by atoms with Crippen molar-refractivity contribution in [2.24, 2.45) is 28.6 Å². The fourth-order valence-electron chi connectivity index (χ4n) is 10.4. The number of epoxide rings is 1. The molecule has 36 heavy (non-hydrogen) atoms. The third-order valence-corrected chi connectivity index (χ3v) is 11.6. The van der Waals surface area contributed by atoms with Gasteiger partial charge < -0.3 is 33.2 Å². The van der Waals surface area contributed by atoms with Crippen molar-refractivity contribution in [1.29, 1.82) is 0 Å². The van der Waals surface area contributed by atoms with Gasteiger partial charge >= 0.3 is 11.9 Å². The van der Waals surface area contributed by atoms with Crippen LogP contribution in [-0.2, 0) is 42.7 Å². The molecular formula is C27H38O9. The van der Waals surface area contributed by atoms with Crippen molar-refractivity contribution in [1.82, 2.24) is 0 Å². The van der Waals surface area contributed by atoms with E-state index in [1.807, 2.05) is 0 Å². The van der Waals surface area contributed by atoms with Gasteiger partial charge in [-0.05, 0) is 50.4 Å². The van der Waals surface area contributed by atoms with E-state index in [0.29, 0.717) is 24.9 Å². The zero-order valence-corrected chi connectivity index (χ0v) is 21.7. The first-order valence-electron chi connectivity index (χ1n) is 13.6. The molecule has 1 unspecified atom stereocenters. The minimum atomic E-state index is -0.912. The molecule has 7 aliphatic rings. The minimum absolute atomic E-state index is 0.115. The Balaban J connectivity index is 1.27. The summed E-state index contributed by atoms with van der Waals surface area (Å²) in [4.78, 5) is 24.2. The van der Waals surface area contributed by atoms with Gasteiger partial charge in [0.25, 0.3) is 0 Å². The van der Waals surface area contributed by atoms with Gasteiger partial charge in [-0.15, -0.1) is 0 Å². The molecule has 0 N–H and O–H groups in total. The zero-order valence-electron chi connectivity index (χ0n) is 21.7. The summed E-state index contributed by atoms with van der Waals surface area (Å²) in [6.07, 6.45) is 5.63. The highest BCUT2D eigenvalue weighted by molar-refractivity contribution is 5.66. The van der Waals surface area contributed by atoms with E-state index in [1.54, 1.807) is 0 Å². The van der Waals surface area contributed by atoms with Crippen LogP contribution in [0.15, 0.2) is 0 Å². The van der Waals surface area contributed by atoms with Crippen molar-refractivity contribution < 1.29 is 42.7 Å². The van der Waals surface area contributed by atoms with Crippen LogP contribution in [0.3, 0.4) is 0 Å². The maximum absolute atomic E-state index is 12.5. The molecule has 0 bridgehead atoms. The highest BCUT2D eigenvalue weighted by atomic mass is 16.9. The minimum Gasteiger partial charge on any atom is -0.462 e. The molecule has 3 spiro atoms. The Morgan fingerprint density at radius 1 is 0.889 bits per heavy atom. The first-order chi connectivity index (χ1) is 17.1. The number of hydrogen-bond acceptors (Lipinski definition) is 9. The topological polar surface area (TPSA) is 102 Å². The first kappa shape index (κ1) is 23.8. The molecule has 0 amide bonds. The van der Waals surface area contributed by atoms with E-state index in [1.165, 1.54) is 13.8 Å². The van der Waals surface area contributed by atoms with E-state index in [9.17, 15) is 9.59 Å². The molecule has 0 aromatic rings. The van der Waals surface area contributed by atoms with Gasteiger partial charge in [-0.3, -0.25) is 9.59 Å². The Bertz CT molecular complexity index is 973. The van der Waals surface area contributed by atoms with Crippen LogP contribution in [0.4, 0.5) is 0 Å². The lowest BCUT2D eigenvalue weighted by Gasteiger charge is -2.62. The lowest BCUT2D eigenvalue weighted by molar-refractivity contribution is -0.262. The summed E-state index contributed by atoms with van der Waals surface area (Å²) in [7, 11) is 0. The van der Waals surface area contributed by atoms with Crippen molar-refractivity contribution in [3.05, 3.63) is 0 Å². The molecule has 11 atom stereocenters. The van der Waals surface area contributed by atoms with Gasteiger partial charge in [0.1, 0.15) is 30.0 Å². The smallest absolute Gasteiger partial charge is 0.302 e. The van der Waals surface area contributed by atoms with Gasteiger partial charge in [0.15, 0.2) is 13.6 Å². The summed E-state index contributed by atoms with van der Waals surface area (Å²) in [5.74, 6) is -0.541. The summed E-state index contributed by atoms with van der Waals surface area (Å²) >= 11 is 0. The van der Waals surface area contributed by atoms with E-state index >= 15 is 0 Å². The highest BCUT2D eigenvalue weighted by Crippen LogP contribution is 2.76. The number of ether oxygens (including phenoxy) is 7. The number of esters is 2. The van der Waals surface area contributed by atoms with Crippen LogP contribution >= 0.6 is 0 Å². The molecule has 3 saturated heterocycles. The van der Waals surface area contributed by atoms with Crippen LogP contribution in [0.25, 0.3) is 0 Å². The van der Waals surface area contributed by atoms with Crippen molar-refractivity contribution in [2.75, 3.05) is 20.2 Å². The number of rotatable bonds is 2. The molecule has 9 nitrogen and oxygen atoms in total. The van der Waals surface area contributed by atoms with Gasteiger partial charge in [-0.2, -0.15) is 0 Å². The molecule has 4 aliphatic carbocycles. The third-order valence-electron chi connectivity index (χ3n) is 11.6. The molecule has 200 valence electrons. The monoisotopic (exact) mass is 506 g/mol. The Morgan fingerprint density at radius 2 is 1.67 bits per heavy atom. The van der Waals surface area contributed by atoms with Gasteiger partial charge in [-0.25, -0.2) is 0 Å². The van der Waals surface area contributed by atoms with Crippen LogP contribution in [0.1, 0.15) is 72.6 Å². The molecule has 7 fully saturated rings. The van der Waals surface area contributed by atoms with E-state index in [2.05, 4.69) is 13.8 Å². The van der Waals surface area contributed by atoms with Crippen LogP contribution in [0, 0.1) is 28.6 Å². The number of fused-ring (bicyclic) bond motifs is 6. The zero-order chi connectivity index (χ0) is 25.1. The molecule has 7 rings (SSSR count). The number of carbonyl (C=O) groups excluding carboxylic acids is 2. The molecule has 3 heterocycles. The summed E-state index contributed by atoms with van der Waals surface area (Å²) < 4.78 is 42.9. The summed E-state index contributed by atoms with van der Waals surface area (Å²) in [6.45, 7) is 8.35. The van der Waals surface area contributed by atoms with Gasteiger partial charge in [-0.1, -0.05) is 13.8 Å². The molecule has 3 aliphatic heterocycles. The predicted molar refractivity (Wildman–Crippen MR) is 122 cm³/mol. The second-order valence-electron chi connectivity index (χ2n) is 12.8. The average Bonchev–Trinajstić information content (AvgIpc) is 3.11. The summed E-state index contributed by atoms with van der Waals surface area (Å²) in [6, 6.07) is 0. The van der Waals surface area contributed by atoms with Crippen LogP contribution < -0.4 is 0 Å². The van der Waals surface area contributed by atoms with Gasteiger partial charge in [0, 0.05) is 37.0 Å². The Kier molecular flexibility index (Phi) is 4.92. The highest BCUT2D eigenvalue weighted by Gasteiger charge is 2.82. The van der Waals surface area contributed by atoms with Crippen LogP contribution in [-0.4, -0.2) is 67.4 Å². The largest absolute Gasteiger partial charge is 0.462 e. The molecule has 4 saturated carbocycles. The fraction of sp³-hybridized carbons (Fsp3) is 0.926. The lowest BCUT2D eigenvalue weighted by Crippen LogP contribution is -2.68. The van der Waals surface area contributed by atoms with Crippen molar-refractivity contribution in [2.45, 2.75) is 108 Å². The Hall–Kier alpha value is -1.26. The molecule has 9 heteroatoms. The standard InChI is InChI=1S/C27H38O9/c1-15(28)34-17-5-7-23(3)22-18(9-21-25(23,10-17)36-21)19-6-8-26(24(19,4)11-20(22)35-16(2)29)27(33-14-31-26)12-30-13-32-27/h17-22H,5-14H2,1-4H3/t17-,18-,19-,20-,21+,22+,23+,24-,25+,26+,27?/m0/s1. The van der Waals surface area contributed by atoms with Gasteiger partial charge in [0.2, 0.25) is 5.79 Å². The second-order valence-corrected chi connectivity index (χ2v) is 12.8. The van der Waals surface area contributed by atoms with Crippen molar-refractivity contribution in [3.63, 3.8) is 0 Å².